The average Bonchev–Trinajstić information content (AvgIpc) is 3.34. The Morgan fingerprint density at radius 3 is 2.62 bits per heavy atom. The monoisotopic (exact) mass is 418 g/mol. The van der Waals surface area contributed by atoms with E-state index in [1.807, 2.05) is 22.8 Å². The molecule has 1 atom stereocenters. The average molecular weight is 419 g/mol. The molecule has 1 aromatic heterocycles. The number of hydrogen-bond acceptors (Lipinski definition) is 5. The number of aryl methyl sites for hydroxylation is 1. The summed E-state index contributed by atoms with van der Waals surface area (Å²) in [5.74, 6) is 0.749. The summed E-state index contributed by atoms with van der Waals surface area (Å²) in [6.45, 7) is 9.70. The molecule has 7 heteroatoms. The van der Waals surface area contributed by atoms with Gasteiger partial charge in [0.1, 0.15) is 0 Å². The molecule has 1 aliphatic rings. The van der Waals surface area contributed by atoms with E-state index in [4.69, 9.17) is 0 Å². The molecule has 0 spiro atoms. The minimum atomic E-state index is -3.35. The zero-order valence-electron chi connectivity index (χ0n) is 17.9. The van der Waals surface area contributed by atoms with Gasteiger partial charge < -0.3 is 14.4 Å². The van der Waals surface area contributed by atoms with Gasteiger partial charge in [0, 0.05) is 26.2 Å². The van der Waals surface area contributed by atoms with Crippen molar-refractivity contribution in [3.05, 3.63) is 47.8 Å². The van der Waals surface area contributed by atoms with Crippen LogP contribution in [0.3, 0.4) is 0 Å². The van der Waals surface area contributed by atoms with E-state index in [9.17, 15) is 8.42 Å². The summed E-state index contributed by atoms with van der Waals surface area (Å²) in [5, 5.41) is 0.206. The van der Waals surface area contributed by atoms with Crippen LogP contribution in [0.4, 0.5) is 0 Å². The summed E-state index contributed by atoms with van der Waals surface area (Å²) in [6.07, 6.45) is 3.77. The molecule has 2 heterocycles. The first kappa shape index (κ1) is 22.0. The van der Waals surface area contributed by atoms with Gasteiger partial charge in [-0.05, 0) is 44.5 Å². The molecule has 160 valence electrons. The van der Waals surface area contributed by atoms with Crippen molar-refractivity contribution in [1.82, 2.24) is 19.4 Å². The predicted octanol–water partition coefficient (Wildman–Crippen LogP) is 2.69. The highest BCUT2D eigenvalue weighted by Crippen LogP contribution is 2.19. The van der Waals surface area contributed by atoms with E-state index in [-0.39, 0.29) is 10.9 Å². The SMILES string of the molecule is CCN1CCC(CN(C)Cc2cnc(S(=O)(=O)CC)n2CCc2ccccc2)C1. The van der Waals surface area contributed by atoms with Gasteiger partial charge in [0.2, 0.25) is 15.0 Å². The first-order valence-corrected chi connectivity index (χ1v) is 12.3. The number of imidazole rings is 1. The van der Waals surface area contributed by atoms with Crippen molar-refractivity contribution in [2.24, 2.45) is 5.92 Å². The maximum absolute atomic E-state index is 12.6. The van der Waals surface area contributed by atoms with Crippen LogP contribution in [0.1, 0.15) is 31.5 Å². The molecule has 29 heavy (non-hydrogen) atoms. The highest BCUT2D eigenvalue weighted by Gasteiger charge is 2.25. The van der Waals surface area contributed by atoms with E-state index in [0.29, 0.717) is 19.0 Å². The second-order valence-corrected chi connectivity index (χ2v) is 10.2. The largest absolute Gasteiger partial charge is 0.317 e. The molecule has 6 nitrogen and oxygen atoms in total. The lowest BCUT2D eigenvalue weighted by atomic mass is 10.1. The topological polar surface area (TPSA) is 58.4 Å². The van der Waals surface area contributed by atoms with Crippen molar-refractivity contribution in [1.29, 1.82) is 0 Å². The van der Waals surface area contributed by atoms with Crippen LogP contribution in [0.5, 0.6) is 0 Å². The minimum absolute atomic E-state index is 0.0690. The molecule has 0 N–H and O–H groups in total. The minimum Gasteiger partial charge on any atom is -0.317 e. The van der Waals surface area contributed by atoms with Crippen molar-refractivity contribution < 1.29 is 8.42 Å². The summed E-state index contributed by atoms with van der Waals surface area (Å²) < 4.78 is 27.1. The summed E-state index contributed by atoms with van der Waals surface area (Å²) >= 11 is 0. The molecule has 1 aliphatic heterocycles. The number of sulfone groups is 1. The van der Waals surface area contributed by atoms with E-state index in [1.165, 1.54) is 18.5 Å². The summed E-state index contributed by atoms with van der Waals surface area (Å²) in [6, 6.07) is 10.2. The van der Waals surface area contributed by atoms with Crippen molar-refractivity contribution in [2.45, 2.75) is 44.9 Å². The van der Waals surface area contributed by atoms with Gasteiger partial charge in [-0.1, -0.05) is 44.2 Å². The van der Waals surface area contributed by atoms with Crippen LogP contribution < -0.4 is 0 Å². The molecule has 0 radical (unpaired) electrons. The summed E-state index contributed by atoms with van der Waals surface area (Å²) in [4.78, 5) is 9.12. The Bertz CT molecular complexity index is 879. The normalized spacial score (nSPS) is 18.0. The van der Waals surface area contributed by atoms with Crippen LogP contribution in [-0.2, 0) is 29.3 Å². The van der Waals surface area contributed by atoms with Crippen molar-refractivity contribution in [3.8, 4) is 0 Å². The molecule has 2 aromatic rings. The lowest BCUT2D eigenvalue weighted by Gasteiger charge is -2.22. The number of aromatic nitrogens is 2. The molecular weight excluding hydrogens is 384 g/mol. The third-order valence-corrected chi connectivity index (χ3v) is 7.49. The second kappa shape index (κ2) is 9.87. The van der Waals surface area contributed by atoms with Crippen LogP contribution in [-0.4, -0.2) is 66.7 Å². The Balaban J connectivity index is 1.73. The van der Waals surface area contributed by atoms with E-state index in [1.54, 1.807) is 13.1 Å². The van der Waals surface area contributed by atoms with Gasteiger partial charge >= 0.3 is 0 Å². The Kier molecular flexibility index (Phi) is 7.49. The van der Waals surface area contributed by atoms with Gasteiger partial charge in [0.25, 0.3) is 0 Å². The smallest absolute Gasteiger partial charge is 0.227 e. The van der Waals surface area contributed by atoms with Gasteiger partial charge in [-0.15, -0.1) is 0 Å². The fourth-order valence-corrected chi connectivity index (χ4v) is 5.17. The number of hydrogen-bond donors (Lipinski definition) is 0. The molecule has 1 saturated heterocycles. The Morgan fingerprint density at radius 2 is 1.97 bits per heavy atom. The van der Waals surface area contributed by atoms with Crippen LogP contribution in [0.2, 0.25) is 0 Å². The maximum atomic E-state index is 12.6. The van der Waals surface area contributed by atoms with Gasteiger partial charge in [-0.2, -0.15) is 0 Å². The first-order valence-electron chi connectivity index (χ1n) is 10.6. The zero-order valence-corrected chi connectivity index (χ0v) is 18.7. The Labute approximate surface area is 175 Å². The number of benzene rings is 1. The third-order valence-electron chi connectivity index (χ3n) is 5.85. The lowest BCUT2D eigenvalue weighted by Crippen LogP contribution is -2.29. The van der Waals surface area contributed by atoms with Crippen LogP contribution in [0, 0.1) is 5.92 Å². The number of rotatable bonds is 10. The zero-order chi connectivity index (χ0) is 20.9. The molecular formula is C22H34N4O2S. The highest BCUT2D eigenvalue weighted by molar-refractivity contribution is 7.91. The van der Waals surface area contributed by atoms with Crippen molar-refractivity contribution in [2.75, 3.05) is 39.0 Å². The maximum Gasteiger partial charge on any atom is 0.227 e. The molecule has 1 aromatic carbocycles. The van der Waals surface area contributed by atoms with Gasteiger partial charge in [0.15, 0.2) is 0 Å². The lowest BCUT2D eigenvalue weighted by molar-refractivity contribution is 0.255. The van der Waals surface area contributed by atoms with E-state index >= 15 is 0 Å². The van der Waals surface area contributed by atoms with E-state index in [0.717, 1.165) is 31.7 Å². The molecule has 1 unspecified atom stereocenters. The Morgan fingerprint density at radius 1 is 1.21 bits per heavy atom. The molecule has 0 bridgehead atoms. The van der Waals surface area contributed by atoms with Crippen LogP contribution in [0.25, 0.3) is 0 Å². The molecule has 0 saturated carbocycles. The fraction of sp³-hybridized carbons (Fsp3) is 0.591. The van der Waals surface area contributed by atoms with Gasteiger partial charge in [-0.3, -0.25) is 0 Å². The predicted molar refractivity (Wildman–Crippen MR) is 117 cm³/mol. The standard InChI is InChI=1S/C22H34N4O2S/c1-4-25-13-11-20(17-25)16-24(3)18-21-15-23-22(29(27,28)5-2)26(21)14-12-19-9-7-6-8-10-19/h6-10,15,20H,4-5,11-14,16-18H2,1-3H3. The second-order valence-electron chi connectivity index (χ2n) is 8.07. The van der Waals surface area contributed by atoms with Crippen molar-refractivity contribution >= 4 is 9.84 Å². The summed E-state index contributed by atoms with van der Waals surface area (Å²) in [7, 11) is -1.23. The van der Waals surface area contributed by atoms with Crippen LogP contribution in [0.15, 0.2) is 41.7 Å². The van der Waals surface area contributed by atoms with E-state index in [2.05, 4.69) is 40.9 Å². The Hall–Kier alpha value is -1.70. The molecule has 1 fully saturated rings. The van der Waals surface area contributed by atoms with Gasteiger partial charge in [0.05, 0.1) is 17.6 Å². The van der Waals surface area contributed by atoms with Crippen LogP contribution >= 0.6 is 0 Å². The fourth-order valence-electron chi connectivity index (χ4n) is 4.15. The number of nitrogens with zero attached hydrogens (tertiary/aromatic N) is 4. The highest BCUT2D eigenvalue weighted by atomic mass is 32.2. The number of likely N-dealkylation sites (tertiary alicyclic amines) is 1. The molecule has 0 aliphatic carbocycles. The van der Waals surface area contributed by atoms with Crippen molar-refractivity contribution in [3.63, 3.8) is 0 Å². The molecule has 3 rings (SSSR count). The molecule has 0 amide bonds. The third kappa shape index (κ3) is 5.68. The first-order chi connectivity index (χ1) is 13.9. The quantitative estimate of drug-likeness (QED) is 0.594. The summed E-state index contributed by atoms with van der Waals surface area (Å²) in [5.41, 5.74) is 2.17. The van der Waals surface area contributed by atoms with E-state index < -0.39 is 9.84 Å². The van der Waals surface area contributed by atoms with Gasteiger partial charge in [-0.25, -0.2) is 13.4 Å².